The first kappa shape index (κ1) is 14.6. The molecule has 1 aromatic rings. The molecule has 3 N–H and O–H groups in total. The molecule has 0 atom stereocenters. The number of hydrogen-bond donors (Lipinski definition) is 3. The number of carboxylic acids is 1. The van der Waals surface area contributed by atoms with E-state index in [2.05, 4.69) is 10.3 Å². The molecule has 100 valence electrons. The quantitative estimate of drug-likeness (QED) is 0.508. The summed E-state index contributed by atoms with van der Waals surface area (Å²) < 4.78 is 23.6. The molecule has 0 amide bonds. The van der Waals surface area contributed by atoms with Crippen molar-refractivity contribution in [3.63, 3.8) is 0 Å². The summed E-state index contributed by atoms with van der Waals surface area (Å²) in [5.74, 6) is -1.16. The molecule has 7 heteroatoms. The summed E-state index contributed by atoms with van der Waals surface area (Å²) in [5, 5.41) is 8.79. The average Bonchev–Trinajstić information content (AvgIpc) is 2.35. The molecule has 1 aromatic carbocycles. The van der Waals surface area contributed by atoms with E-state index in [1.807, 2.05) is 6.92 Å². The molecule has 1 rings (SSSR count). The van der Waals surface area contributed by atoms with Gasteiger partial charge in [-0.25, -0.2) is 18.6 Å². The van der Waals surface area contributed by atoms with Crippen LogP contribution >= 0.6 is 0 Å². The number of hydrazine groups is 1. The van der Waals surface area contributed by atoms with Crippen LogP contribution in [0, 0.1) is 0 Å². The van der Waals surface area contributed by atoms with Crippen molar-refractivity contribution >= 4 is 16.0 Å². The standard InChI is InChI=1S/C11H16N2O4S/c1-2-3-7-12-13-18(16,17)10-6-4-5-9(8-10)11(14)15/h4-6,8,12-13H,2-3,7H2,1H3,(H,14,15). The minimum Gasteiger partial charge on any atom is -0.478 e. The minimum atomic E-state index is -3.72. The number of unbranched alkanes of at least 4 members (excludes halogenated alkanes) is 1. The van der Waals surface area contributed by atoms with E-state index in [9.17, 15) is 13.2 Å². The Morgan fingerprint density at radius 3 is 2.72 bits per heavy atom. The molecule has 0 radical (unpaired) electrons. The summed E-state index contributed by atoms with van der Waals surface area (Å²) in [6.45, 7) is 2.51. The van der Waals surface area contributed by atoms with E-state index in [4.69, 9.17) is 5.11 Å². The van der Waals surface area contributed by atoms with Gasteiger partial charge in [-0.05, 0) is 24.6 Å². The van der Waals surface area contributed by atoms with Gasteiger partial charge < -0.3 is 5.11 Å². The number of hydrogen-bond acceptors (Lipinski definition) is 4. The Morgan fingerprint density at radius 1 is 1.39 bits per heavy atom. The second-order valence-corrected chi connectivity index (χ2v) is 5.40. The van der Waals surface area contributed by atoms with E-state index in [0.29, 0.717) is 6.54 Å². The molecule has 6 nitrogen and oxygen atoms in total. The van der Waals surface area contributed by atoms with Crippen molar-refractivity contribution < 1.29 is 18.3 Å². The van der Waals surface area contributed by atoms with Gasteiger partial charge in [-0.1, -0.05) is 19.4 Å². The Kier molecular flexibility index (Phi) is 5.26. The van der Waals surface area contributed by atoms with Gasteiger partial charge in [0.25, 0.3) is 10.0 Å². The molecule has 0 aliphatic carbocycles. The molecule has 0 fully saturated rings. The van der Waals surface area contributed by atoms with E-state index in [0.717, 1.165) is 18.9 Å². The van der Waals surface area contributed by atoms with Gasteiger partial charge in [0, 0.05) is 6.54 Å². The van der Waals surface area contributed by atoms with Gasteiger partial charge in [0.05, 0.1) is 10.5 Å². The number of rotatable bonds is 7. The highest BCUT2D eigenvalue weighted by molar-refractivity contribution is 7.89. The Bertz CT molecular complexity index is 514. The van der Waals surface area contributed by atoms with Crippen LogP contribution in [0.15, 0.2) is 29.2 Å². The van der Waals surface area contributed by atoms with Gasteiger partial charge in [0.1, 0.15) is 0 Å². The third kappa shape index (κ3) is 4.10. The molecule has 0 aromatic heterocycles. The zero-order chi connectivity index (χ0) is 13.6. The van der Waals surface area contributed by atoms with Crippen molar-refractivity contribution in [2.75, 3.05) is 6.54 Å². The third-order valence-electron chi connectivity index (χ3n) is 2.25. The lowest BCUT2D eigenvalue weighted by atomic mass is 10.2. The van der Waals surface area contributed by atoms with Crippen molar-refractivity contribution in [2.24, 2.45) is 0 Å². The first-order valence-electron chi connectivity index (χ1n) is 5.55. The molecular weight excluding hydrogens is 256 g/mol. The monoisotopic (exact) mass is 272 g/mol. The average molecular weight is 272 g/mol. The maximum atomic E-state index is 11.8. The molecule has 18 heavy (non-hydrogen) atoms. The van der Waals surface area contributed by atoms with E-state index >= 15 is 0 Å². The second-order valence-electron chi connectivity index (χ2n) is 3.72. The maximum absolute atomic E-state index is 11.8. The number of benzene rings is 1. The number of nitrogens with one attached hydrogen (secondary N) is 2. The molecular formula is C11H16N2O4S. The van der Waals surface area contributed by atoms with Crippen LogP contribution in [0.2, 0.25) is 0 Å². The third-order valence-corrected chi connectivity index (χ3v) is 3.54. The fourth-order valence-electron chi connectivity index (χ4n) is 1.27. The Balaban J connectivity index is 2.78. The highest BCUT2D eigenvalue weighted by atomic mass is 32.2. The Hall–Kier alpha value is -1.44. The van der Waals surface area contributed by atoms with E-state index in [1.54, 1.807) is 0 Å². The van der Waals surface area contributed by atoms with Gasteiger partial charge in [-0.15, -0.1) is 4.83 Å². The second kappa shape index (κ2) is 6.48. The van der Waals surface area contributed by atoms with Gasteiger partial charge in [0.15, 0.2) is 0 Å². The summed E-state index contributed by atoms with van der Waals surface area (Å²) in [4.78, 5) is 12.9. The topological polar surface area (TPSA) is 95.5 Å². The summed E-state index contributed by atoms with van der Waals surface area (Å²) in [5.41, 5.74) is 2.52. The lowest BCUT2D eigenvalue weighted by Gasteiger charge is -2.08. The number of sulfonamides is 1. The first-order valence-corrected chi connectivity index (χ1v) is 7.03. The molecule has 0 saturated carbocycles. The van der Waals surface area contributed by atoms with Crippen molar-refractivity contribution in [1.29, 1.82) is 0 Å². The lowest BCUT2D eigenvalue weighted by Crippen LogP contribution is -2.37. The molecule has 0 aliphatic heterocycles. The molecule has 0 bridgehead atoms. The van der Waals surface area contributed by atoms with Crippen LogP contribution in [-0.2, 0) is 10.0 Å². The largest absolute Gasteiger partial charge is 0.478 e. The van der Waals surface area contributed by atoms with E-state index in [-0.39, 0.29) is 10.5 Å². The van der Waals surface area contributed by atoms with Gasteiger partial charge >= 0.3 is 5.97 Å². The Morgan fingerprint density at radius 2 is 2.11 bits per heavy atom. The zero-order valence-electron chi connectivity index (χ0n) is 10.0. The SMILES string of the molecule is CCCCNNS(=O)(=O)c1cccc(C(=O)O)c1. The van der Waals surface area contributed by atoms with Crippen molar-refractivity contribution in [1.82, 2.24) is 10.3 Å². The minimum absolute atomic E-state index is 0.0635. The molecule has 0 saturated heterocycles. The van der Waals surface area contributed by atoms with Crippen LogP contribution in [0.4, 0.5) is 0 Å². The van der Waals surface area contributed by atoms with Crippen LogP contribution in [0.3, 0.4) is 0 Å². The van der Waals surface area contributed by atoms with Gasteiger partial charge in [-0.3, -0.25) is 0 Å². The smallest absolute Gasteiger partial charge is 0.335 e. The van der Waals surface area contributed by atoms with Crippen molar-refractivity contribution in [3.05, 3.63) is 29.8 Å². The van der Waals surface area contributed by atoms with Gasteiger partial charge in [0.2, 0.25) is 0 Å². The predicted octanol–water partition coefficient (Wildman–Crippen LogP) is 0.968. The van der Waals surface area contributed by atoms with Crippen LogP contribution < -0.4 is 10.3 Å². The summed E-state index contributed by atoms with van der Waals surface area (Å²) >= 11 is 0. The number of carboxylic acid groups (broad SMARTS) is 1. The normalized spacial score (nSPS) is 11.4. The van der Waals surface area contributed by atoms with Crippen LogP contribution in [0.5, 0.6) is 0 Å². The van der Waals surface area contributed by atoms with E-state index in [1.165, 1.54) is 18.2 Å². The lowest BCUT2D eigenvalue weighted by molar-refractivity contribution is 0.0696. The first-order chi connectivity index (χ1) is 8.47. The van der Waals surface area contributed by atoms with Crippen LogP contribution in [-0.4, -0.2) is 26.0 Å². The number of carbonyl (C=O) groups is 1. The summed E-state index contributed by atoms with van der Waals surface area (Å²) in [6.07, 6.45) is 1.79. The van der Waals surface area contributed by atoms with Crippen LogP contribution in [0.1, 0.15) is 30.1 Å². The maximum Gasteiger partial charge on any atom is 0.335 e. The highest BCUT2D eigenvalue weighted by Crippen LogP contribution is 2.10. The fraction of sp³-hybridized carbons (Fsp3) is 0.364. The zero-order valence-corrected chi connectivity index (χ0v) is 10.8. The fourth-order valence-corrected chi connectivity index (χ4v) is 2.22. The van der Waals surface area contributed by atoms with Crippen molar-refractivity contribution in [2.45, 2.75) is 24.7 Å². The van der Waals surface area contributed by atoms with Crippen molar-refractivity contribution in [3.8, 4) is 0 Å². The van der Waals surface area contributed by atoms with Crippen LogP contribution in [0.25, 0.3) is 0 Å². The van der Waals surface area contributed by atoms with E-state index < -0.39 is 16.0 Å². The molecule has 0 aliphatic rings. The summed E-state index contributed by atoms with van der Waals surface area (Å²) in [7, 11) is -3.72. The highest BCUT2D eigenvalue weighted by Gasteiger charge is 2.15. The molecule has 0 heterocycles. The number of aromatic carboxylic acids is 1. The predicted molar refractivity (Wildman–Crippen MR) is 66.6 cm³/mol. The summed E-state index contributed by atoms with van der Waals surface area (Å²) in [6, 6.07) is 5.19. The molecule has 0 spiro atoms. The molecule has 0 unspecified atom stereocenters. The Labute approximate surface area is 106 Å². The van der Waals surface area contributed by atoms with Gasteiger partial charge in [-0.2, -0.15) is 0 Å².